The van der Waals surface area contributed by atoms with Gasteiger partial charge in [-0.3, -0.25) is 14.8 Å². The molecule has 0 aromatic carbocycles. The van der Waals surface area contributed by atoms with E-state index in [9.17, 15) is 9.90 Å². The van der Waals surface area contributed by atoms with Gasteiger partial charge < -0.3 is 31.2 Å². The number of aliphatic hydroxyl groups excluding tert-OH is 1. The van der Waals surface area contributed by atoms with Gasteiger partial charge in [-0.1, -0.05) is 25.2 Å². The molecule has 0 bridgehead atoms. The number of rotatable bonds is 4. The molecule has 9 nitrogen and oxygen atoms in total. The van der Waals surface area contributed by atoms with Crippen LogP contribution in [0.5, 0.6) is 0 Å². The van der Waals surface area contributed by atoms with E-state index < -0.39 is 12.0 Å². The van der Waals surface area contributed by atoms with Crippen LogP contribution in [0.2, 0.25) is 0 Å². The van der Waals surface area contributed by atoms with Crippen LogP contribution < -0.4 is 21.7 Å². The number of pyridine rings is 2. The SMILES string of the molecule is C[C@H]1CN(c2ccncc2NC(=O)c2c(N)oc3cc(C4=CC=C4)cnc23)C[C@@H](N)[C@@H]1O. The number of aromatic nitrogens is 2. The number of fused-ring (bicyclic) bond motifs is 1. The number of hydrogen-bond acceptors (Lipinski definition) is 8. The zero-order chi connectivity index (χ0) is 22.4. The fourth-order valence-corrected chi connectivity index (χ4v) is 4.21. The van der Waals surface area contributed by atoms with E-state index in [0.29, 0.717) is 29.9 Å². The maximum absolute atomic E-state index is 13.2. The largest absolute Gasteiger partial charge is 0.438 e. The standard InChI is InChI=1S/C23H24N6O3/c1-12-10-29(11-15(24)21(12)30)17-5-6-26-9-16(17)28-23(31)19-20-18(32-22(19)25)7-14(8-27-20)13-3-2-4-13/h2-9,12,15,21,30H,10-11,24-25H2,1H3,(H,28,31)/t12-,15+,21+/m0/s1. The van der Waals surface area contributed by atoms with Gasteiger partial charge in [0.25, 0.3) is 5.91 Å². The molecule has 32 heavy (non-hydrogen) atoms. The number of nitrogens with one attached hydrogen (secondary N) is 1. The molecule has 0 radical (unpaired) electrons. The molecule has 0 saturated carbocycles. The predicted octanol–water partition coefficient (Wildman–Crippen LogP) is 2.15. The average Bonchev–Trinajstić information content (AvgIpc) is 3.06. The first-order chi connectivity index (χ1) is 15.4. The lowest BCUT2D eigenvalue weighted by Gasteiger charge is -2.40. The number of allylic oxidation sites excluding steroid dienone is 4. The fourth-order valence-electron chi connectivity index (χ4n) is 4.21. The Bertz CT molecular complexity index is 1250. The summed E-state index contributed by atoms with van der Waals surface area (Å²) in [5.41, 5.74) is 16.4. The summed E-state index contributed by atoms with van der Waals surface area (Å²) >= 11 is 0. The average molecular weight is 432 g/mol. The van der Waals surface area contributed by atoms with Crippen LogP contribution in [-0.2, 0) is 0 Å². The topological polar surface area (TPSA) is 144 Å². The molecule has 3 aromatic rings. The van der Waals surface area contributed by atoms with Crippen LogP contribution in [0, 0.1) is 5.92 Å². The smallest absolute Gasteiger partial charge is 0.263 e. The first-order valence-electron chi connectivity index (χ1n) is 10.4. The number of carbonyl (C=O) groups excluding carboxylic acids is 1. The summed E-state index contributed by atoms with van der Waals surface area (Å²) in [6, 6.07) is 3.25. The van der Waals surface area contributed by atoms with Crippen molar-refractivity contribution in [1.29, 1.82) is 0 Å². The zero-order valence-corrected chi connectivity index (χ0v) is 17.5. The second kappa shape index (κ2) is 7.77. The first-order valence-corrected chi connectivity index (χ1v) is 10.4. The highest BCUT2D eigenvalue weighted by Gasteiger charge is 2.32. The lowest BCUT2D eigenvalue weighted by Crippen LogP contribution is -2.55. The van der Waals surface area contributed by atoms with E-state index in [0.717, 1.165) is 16.8 Å². The normalized spacial score (nSPS) is 22.5. The van der Waals surface area contributed by atoms with Crippen molar-refractivity contribution in [3.63, 3.8) is 0 Å². The van der Waals surface area contributed by atoms with Gasteiger partial charge in [-0.05, 0) is 17.7 Å². The molecule has 1 amide bonds. The zero-order valence-electron chi connectivity index (χ0n) is 17.5. The van der Waals surface area contributed by atoms with Gasteiger partial charge in [0.15, 0.2) is 5.58 Å². The molecule has 2 aliphatic rings. The predicted molar refractivity (Wildman–Crippen MR) is 123 cm³/mol. The Morgan fingerprint density at radius 1 is 1.34 bits per heavy atom. The highest BCUT2D eigenvalue weighted by atomic mass is 16.3. The summed E-state index contributed by atoms with van der Waals surface area (Å²) < 4.78 is 5.64. The molecule has 1 aliphatic heterocycles. The van der Waals surface area contributed by atoms with E-state index in [1.54, 1.807) is 18.6 Å². The number of furan rings is 1. The molecule has 6 N–H and O–H groups in total. The maximum atomic E-state index is 13.2. The minimum absolute atomic E-state index is 0.00228. The minimum Gasteiger partial charge on any atom is -0.438 e. The summed E-state index contributed by atoms with van der Waals surface area (Å²) in [7, 11) is 0. The highest BCUT2D eigenvalue weighted by Crippen LogP contribution is 2.33. The Labute approximate surface area is 184 Å². The summed E-state index contributed by atoms with van der Waals surface area (Å²) in [5, 5.41) is 13.1. The quantitative estimate of drug-likeness (QED) is 0.491. The van der Waals surface area contributed by atoms with Crippen molar-refractivity contribution in [3.8, 4) is 0 Å². The highest BCUT2D eigenvalue weighted by molar-refractivity contribution is 6.15. The first kappa shape index (κ1) is 20.2. The second-order valence-electron chi connectivity index (χ2n) is 8.28. The molecule has 0 spiro atoms. The van der Waals surface area contributed by atoms with E-state index in [1.807, 2.05) is 42.2 Å². The molecule has 0 unspecified atom stereocenters. The van der Waals surface area contributed by atoms with Crippen LogP contribution in [0.3, 0.4) is 0 Å². The van der Waals surface area contributed by atoms with Crippen LogP contribution in [0.25, 0.3) is 16.7 Å². The molecular weight excluding hydrogens is 408 g/mol. The Hall–Kier alpha value is -3.69. The number of carbonyl (C=O) groups is 1. The van der Waals surface area contributed by atoms with Crippen LogP contribution in [-0.4, -0.2) is 46.2 Å². The van der Waals surface area contributed by atoms with Crippen molar-refractivity contribution in [3.05, 3.63) is 60.1 Å². The van der Waals surface area contributed by atoms with Crippen LogP contribution >= 0.6 is 0 Å². The molecule has 3 aromatic heterocycles. The van der Waals surface area contributed by atoms with Gasteiger partial charge in [0, 0.05) is 43.0 Å². The second-order valence-corrected chi connectivity index (χ2v) is 8.28. The van der Waals surface area contributed by atoms with Crippen LogP contribution in [0.15, 0.2) is 53.4 Å². The Morgan fingerprint density at radius 3 is 2.88 bits per heavy atom. The monoisotopic (exact) mass is 432 g/mol. The molecule has 1 aliphatic carbocycles. The van der Waals surface area contributed by atoms with Gasteiger partial charge in [0.1, 0.15) is 11.1 Å². The third-order valence-corrected chi connectivity index (χ3v) is 6.02. The van der Waals surface area contributed by atoms with Gasteiger partial charge in [-0.25, -0.2) is 0 Å². The van der Waals surface area contributed by atoms with E-state index in [4.69, 9.17) is 15.9 Å². The van der Waals surface area contributed by atoms with Crippen molar-refractivity contribution in [1.82, 2.24) is 9.97 Å². The number of nitrogens with zero attached hydrogens (tertiary/aromatic N) is 3. The number of piperidine rings is 1. The van der Waals surface area contributed by atoms with Crippen LogP contribution in [0.1, 0.15) is 22.8 Å². The number of aliphatic hydroxyl groups is 1. The van der Waals surface area contributed by atoms with E-state index in [2.05, 4.69) is 15.3 Å². The van der Waals surface area contributed by atoms with Gasteiger partial charge >= 0.3 is 0 Å². The van der Waals surface area contributed by atoms with E-state index in [-0.39, 0.29) is 23.4 Å². The lowest BCUT2D eigenvalue weighted by molar-refractivity contribution is 0.0785. The van der Waals surface area contributed by atoms with Crippen molar-refractivity contribution < 1.29 is 14.3 Å². The Balaban J connectivity index is 1.44. The van der Waals surface area contributed by atoms with Gasteiger partial charge in [0.2, 0.25) is 5.88 Å². The molecule has 9 heteroatoms. The Kier molecular flexibility index (Phi) is 4.91. The van der Waals surface area contributed by atoms with Gasteiger partial charge in [-0.2, -0.15) is 0 Å². The third-order valence-electron chi connectivity index (χ3n) is 6.02. The molecular formula is C23H24N6O3. The minimum atomic E-state index is -0.564. The van der Waals surface area contributed by atoms with Crippen molar-refractivity contribution >= 4 is 39.8 Å². The third kappa shape index (κ3) is 3.41. The maximum Gasteiger partial charge on any atom is 0.263 e. The van der Waals surface area contributed by atoms with Crippen LogP contribution in [0.4, 0.5) is 17.3 Å². The van der Waals surface area contributed by atoms with Gasteiger partial charge in [-0.15, -0.1) is 0 Å². The summed E-state index contributed by atoms with van der Waals surface area (Å²) in [5.74, 6) is -0.446. The summed E-state index contributed by atoms with van der Waals surface area (Å²) in [6.45, 7) is 3.01. The van der Waals surface area contributed by atoms with Crippen molar-refractivity contribution in [2.45, 2.75) is 19.1 Å². The fraction of sp³-hybridized carbons (Fsp3) is 0.261. The van der Waals surface area contributed by atoms with Crippen molar-refractivity contribution in [2.24, 2.45) is 11.7 Å². The molecule has 5 rings (SSSR count). The van der Waals surface area contributed by atoms with E-state index in [1.165, 1.54) is 0 Å². The molecule has 1 saturated heterocycles. The number of hydrogen-bond donors (Lipinski definition) is 4. The summed E-state index contributed by atoms with van der Waals surface area (Å²) in [6.07, 6.45) is 10.2. The number of amides is 1. The molecule has 1 fully saturated rings. The number of nitrogen functional groups attached to an aromatic ring is 1. The van der Waals surface area contributed by atoms with Crippen molar-refractivity contribution in [2.75, 3.05) is 29.0 Å². The summed E-state index contributed by atoms with van der Waals surface area (Å²) in [4.78, 5) is 23.8. The van der Waals surface area contributed by atoms with E-state index >= 15 is 0 Å². The molecule has 4 heterocycles. The number of nitrogens with two attached hydrogens (primary N) is 2. The molecule has 164 valence electrons. The number of anilines is 3. The lowest BCUT2D eigenvalue weighted by atomic mass is 9.92. The van der Waals surface area contributed by atoms with Gasteiger partial charge in [0.05, 0.1) is 23.7 Å². The Morgan fingerprint density at radius 2 is 2.16 bits per heavy atom. The molecule has 3 atom stereocenters.